The van der Waals surface area contributed by atoms with Crippen LogP contribution in [0.4, 0.5) is 0 Å². The Balaban J connectivity index is 1.51. The standard InChI is InChI=1S/C22H21N3O3S2/c1-14-3-7-16(8-4-14)13-18-21(28)25(22(29)30-18)12-11-19(26)23-24-20(27)17-9-5-15(2)6-10-17/h3-10,13H,11-12H2,1-2H3,(H,23,26)(H,24,27)/b18-13+. The number of aryl methyl sites for hydroxylation is 2. The molecule has 0 aromatic heterocycles. The molecule has 0 atom stereocenters. The van der Waals surface area contributed by atoms with Gasteiger partial charge in [-0.3, -0.25) is 30.1 Å². The summed E-state index contributed by atoms with van der Waals surface area (Å²) in [5.74, 6) is -1.04. The molecule has 154 valence electrons. The van der Waals surface area contributed by atoms with Gasteiger partial charge in [-0.2, -0.15) is 0 Å². The summed E-state index contributed by atoms with van der Waals surface area (Å²) >= 11 is 6.51. The van der Waals surface area contributed by atoms with Crippen molar-refractivity contribution >= 4 is 52.1 Å². The van der Waals surface area contributed by atoms with Crippen molar-refractivity contribution in [1.29, 1.82) is 0 Å². The molecule has 0 radical (unpaired) electrons. The Labute approximate surface area is 184 Å². The number of hydrogen-bond acceptors (Lipinski definition) is 5. The molecule has 0 spiro atoms. The van der Waals surface area contributed by atoms with Gasteiger partial charge in [0.15, 0.2) is 0 Å². The van der Waals surface area contributed by atoms with Crippen LogP contribution in [-0.4, -0.2) is 33.5 Å². The molecule has 8 heteroatoms. The molecule has 3 rings (SSSR count). The van der Waals surface area contributed by atoms with E-state index in [1.807, 2.05) is 50.2 Å². The molecule has 2 aromatic rings. The lowest BCUT2D eigenvalue weighted by Crippen LogP contribution is -2.43. The van der Waals surface area contributed by atoms with Gasteiger partial charge >= 0.3 is 0 Å². The topological polar surface area (TPSA) is 78.5 Å². The van der Waals surface area contributed by atoms with Crippen molar-refractivity contribution in [2.75, 3.05) is 6.54 Å². The summed E-state index contributed by atoms with van der Waals surface area (Å²) in [4.78, 5) is 38.7. The lowest BCUT2D eigenvalue weighted by Gasteiger charge is -2.14. The van der Waals surface area contributed by atoms with E-state index in [2.05, 4.69) is 10.9 Å². The molecule has 0 aliphatic carbocycles. The van der Waals surface area contributed by atoms with E-state index in [1.54, 1.807) is 18.2 Å². The Morgan fingerprint density at radius 2 is 1.60 bits per heavy atom. The highest BCUT2D eigenvalue weighted by Gasteiger charge is 2.32. The number of hydrogen-bond donors (Lipinski definition) is 2. The zero-order valence-corrected chi connectivity index (χ0v) is 18.2. The first kappa shape index (κ1) is 21.7. The van der Waals surface area contributed by atoms with Crippen LogP contribution in [0.15, 0.2) is 53.4 Å². The maximum atomic E-state index is 12.6. The number of hydrazine groups is 1. The van der Waals surface area contributed by atoms with E-state index >= 15 is 0 Å². The van der Waals surface area contributed by atoms with Crippen molar-refractivity contribution in [2.24, 2.45) is 0 Å². The summed E-state index contributed by atoms with van der Waals surface area (Å²) in [5.41, 5.74) is 8.27. The first-order valence-electron chi connectivity index (χ1n) is 9.31. The molecule has 1 fully saturated rings. The normalized spacial score (nSPS) is 14.9. The molecule has 6 nitrogen and oxygen atoms in total. The highest BCUT2D eigenvalue weighted by atomic mass is 32.2. The Morgan fingerprint density at radius 3 is 2.23 bits per heavy atom. The molecule has 0 bridgehead atoms. The predicted molar refractivity (Wildman–Crippen MR) is 122 cm³/mol. The summed E-state index contributed by atoms with van der Waals surface area (Å²) in [5, 5.41) is 0. The van der Waals surface area contributed by atoms with Gasteiger partial charge in [0.05, 0.1) is 4.91 Å². The summed E-state index contributed by atoms with van der Waals surface area (Å²) in [6, 6.07) is 14.8. The predicted octanol–water partition coefficient (Wildman–Crippen LogP) is 3.36. The highest BCUT2D eigenvalue weighted by molar-refractivity contribution is 8.26. The third-order valence-electron chi connectivity index (χ3n) is 4.44. The molecule has 1 heterocycles. The van der Waals surface area contributed by atoms with Gasteiger partial charge in [-0.15, -0.1) is 0 Å². The number of benzene rings is 2. The van der Waals surface area contributed by atoms with Crippen molar-refractivity contribution in [3.05, 3.63) is 75.7 Å². The van der Waals surface area contributed by atoms with E-state index in [9.17, 15) is 14.4 Å². The summed E-state index contributed by atoms with van der Waals surface area (Å²) in [6.07, 6.45) is 1.80. The number of thioether (sulfide) groups is 1. The molecule has 3 amide bonds. The fourth-order valence-corrected chi connectivity index (χ4v) is 3.99. The Morgan fingerprint density at radius 1 is 1.00 bits per heavy atom. The number of carbonyl (C=O) groups excluding carboxylic acids is 3. The van der Waals surface area contributed by atoms with Gasteiger partial charge < -0.3 is 0 Å². The lowest BCUT2D eigenvalue weighted by atomic mass is 10.1. The van der Waals surface area contributed by atoms with Crippen LogP contribution in [0.3, 0.4) is 0 Å². The lowest BCUT2D eigenvalue weighted by molar-refractivity contribution is -0.124. The van der Waals surface area contributed by atoms with Crippen LogP contribution in [0.2, 0.25) is 0 Å². The Kier molecular flexibility index (Phi) is 7.02. The van der Waals surface area contributed by atoms with Crippen molar-refractivity contribution in [3.63, 3.8) is 0 Å². The van der Waals surface area contributed by atoms with Crippen LogP contribution < -0.4 is 10.9 Å². The van der Waals surface area contributed by atoms with Gasteiger partial charge in [-0.25, -0.2) is 0 Å². The largest absolute Gasteiger partial charge is 0.292 e. The highest BCUT2D eigenvalue weighted by Crippen LogP contribution is 2.32. The van der Waals surface area contributed by atoms with E-state index in [0.717, 1.165) is 16.7 Å². The van der Waals surface area contributed by atoms with Gasteiger partial charge in [0.25, 0.3) is 11.8 Å². The summed E-state index contributed by atoms with van der Waals surface area (Å²) in [6.45, 7) is 4.06. The van der Waals surface area contributed by atoms with Crippen LogP contribution in [0.5, 0.6) is 0 Å². The fraction of sp³-hybridized carbons (Fsp3) is 0.182. The third-order valence-corrected chi connectivity index (χ3v) is 5.82. The van der Waals surface area contributed by atoms with Crippen molar-refractivity contribution < 1.29 is 14.4 Å². The first-order chi connectivity index (χ1) is 14.3. The maximum absolute atomic E-state index is 12.6. The van der Waals surface area contributed by atoms with Crippen LogP contribution in [0.1, 0.15) is 33.5 Å². The fourth-order valence-electron chi connectivity index (χ4n) is 2.69. The first-order valence-corrected chi connectivity index (χ1v) is 10.5. The zero-order chi connectivity index (χ0) is 21.7. The number of carbonyl (C=O) groups is 3. The molecular formula is C22H21N3O3S2. The molecule has 30 heavy (non-hydrogen) atoms. The van der Waals surface area contributed by atoms with Crippen LogP contribution in [-0.2, 0) is 9.59 Å². The van der Waals surface area contributed by atoms with Gasteiger partial charge in [0, 0.05) is 18.5 Å². The van der Waals surface area contributed by atoms with Gasteiger partial charge in [-0.1, -0.05) is 71.5 Å². The van der Waals surface area contributed by atoms with E-state index < -0.39 is 11.8 Å². The van der Waals surface area contributed by atoms with Crippen LogP contribution in [0, 0.1) is 13.8 Å². The molecule has 1 aliphatic heterocycles. The summed E-state index contributed by atoms with van der Waals surface area (Å²) < 4.78 is 0.412. The quantitative estimate of drug-likeness (QED) is 0.424. The molecular weight excluding hydrogens is 418 g/mol. The van der Waals surface area contributed by atoms with E-state index in [-0.39, 0.29) is 18.9 Å². The minimum absolute atomic E-state index is 0.0123. The van der Waals surface area contributed by atoms with Crippen molar-refractivity contribution in [3.8, 4) is 0 Å². The maximum Gasteiger partial charge on any atom is 0.269 e. The molecule has 2 aromatic carbocycles. The molecule has 1 saturated heterocycles. The minimum Gasteiger partial charge on any atom is -0.292 e. The molecule has 0 saturated carbocycles. The van der Waals surface area contributed by atoms with E-state index in [1.165, 1.54) is 16.7 Å². The smallest absolute Gasteiger partial charge is 0.269 e. The Hall–Kier alpha value is -2.97. The number of nitrogens with one attached hydrogen (secondary N) is 2. The third kappa shape index (κ3) is 5.55. The number of amides is 3. The van der Waals surface area contributed by atoms with Crippen molar-refractivity contribution in [2.45, 2.75) is 20.3 Å². The number of rotatable bonds is 5. The number of nitrogens with zero attached hydrogens (tertiary/aromatic N) is 1. The molecule has 1 aliphatic rings. The second kappa shape index (κ2) is 9.69. The second-order valence-electron chi connectivity index (χ2n) is 6.86. The van der Waals surface area contributed by atoms with Crippen LogP contribution in [0.25, 0.3) is 6.08 Å². The minimum atomic E-state index is -0.410. The number of thiocarbonyl (C=S) groups is 1. The van der Waals surface area contributed by atoms with Crippen LogP contribution >= 0.6 is 24.0 Å². The Bertz CT molecular complexity index is 1010. The molecule has 2 N–H and O–H groups in total. The van der Waals surface area contributed by atoms with Crippen molar-refractivity contribution in [1.82, 2.24) is 15.8 Å². The van der Waals surface area contributed by atoms with Gasteiger partial charge in [0.1, 0.15) is 4.32 Å². The summed E-state index contributed by atoms with van der Waals surface area (Å²) in [7, 11) is 0. The van der Waals surface area contributed by atoms with Gasteiger partial charge in [-0.05, 0) is 37.6 Å². The SMILES string of the molecule is Cc1ccc(/C=C2/SC(=S)N(CCC(=O)NNC(=O)c3ccc(C)cc3)C2=O)cc1. The molecule has 0 unspecified atom stereocenters. The van der Waals surface area contributed by atoms with Gasteiger partial charge in [0.2, 0.25) is 5.91 Å². The second-order valence-corrected chi connectivity index (χ2v) is 8.54. The average Bonchev–Trinajstić information content (AvgIpc) is 2.99. The monoisotopic (exact) mass is 439 g/mol. The van der Waals surface area contributed by atoms with E-state index in [0.29, 0.717) is 14.8 Å². The zero-order valence-electron chi connectivity index (χ0n) is 16.6. The average molecular weight is 440 g/mol. The van der Waals surface area contributed by atoms with E-state index in [4.69, 9.17) is 12.2 Å².